The highest BCUT2D eigenvalue weighted by molar-refractivity contribution is 7.94. The number of hydrogen-bond donors (Lipinski definition) is 0. The zero-order valence-electron chi connectivity index (χ0n) is 69.9. The Morgan fingerprint density at radius 1 is 0.195 bits per heavy atom. The zero-order chi connectivity index (χ0) is 89.4. The van der Waals surface area contributed by atoms with Crippen LogP contribution in [0.1, 0.15) is 66.8 Å². The lowest BCUT2D eigenvalue weighted by Gasteiger charge is -2.36. The summed E-state index contributed by atoms with van der Waals surface area (Å²) in [5, 5.41) is 0. The van der Waals surface area contributed by atoms with Crippen LogP contribution in [0, 0.1) is 27.7 Å². The summed E-state index contributed by atoms with van der Waals surface area (Å²) in [7, 11) is -15.8. The number of sulfonamides is 4. The maximum atomic E-state index is 14.0. The highest BCUT2D eigenvalue weighted by Gasteiger charge is 2.51. The fraction of sp³-hybridized carbons (Fsp3) is 0.0741. The molecule has 0 radical (unpaired) electrons. The number of allylic oxidation sites excluding steroid dienone is 12. The molecule has 0 heterocycles. The third-order valence-electron chi connectivity index (χ3n) is 23.6. The highest BCUT2D eigenvalue weighted by Crippen LogP contribution is 2.55. The summed E-state index contributed by atoms with van der Waals surface area (Å²) in [6, 6.07) is 94.8. The third-order valence-corrected chi connectivity index (χ3v) is 30.7. The number of aryl methyl sites for hydroxylation is 4. The quantitative estimate of drug-likeness (QED) is 0.0882. The van der Waals surface area contributed by atoms with Gasteiger partial charge < -0.3 is 0 Å². The van der Waals surface area contributed by atoms with Crippen LogP contribution in [-0.4, -0.2) is 56.8 Å². The first-order valence-electron chi connectivity index (χ1n) is 41.3. The molecule has 0 atom stereocenters. The Kier molecular flexibility index (Phi) is 22.9. The van der Waals surface area contributed by atoms with E-state index in [1.54, 1.807) is 194 Å². The van der Waals surface area contributed by atoms with E-state index in [4.69, 9.17) is 0 Å². The standard InChI is InChI=1S/4C27H21NO3S/c4*1-20-11-13-24(14-12-20)32(30,31)28(22-8-3-2-4-9-22)26-19-21-7-5-6-10-25(21)27(26)17-15-23(29)16-18-27/h4*2-19H,1H3. The van der Waals surface area contributed by atoms with E-state index in [-0.39, 0.29) is 42.7 Å². The number of benzene rings is 12. The fourth-order valence-corrected chi connectivity index (χ4v) is 23.4. The van der Waals surface area contributed by atoms with Gasteiger partial charge in [-0.3, -0.25) is 19.2 Å². The van der Waals surface area contributed by atoms with Crippen molar-refractivity contribution >= 4 is 110 Å². The van der Waals surface area contributed by atoms with Crippen molar-refractivity contribution in [3.8, 4) is 0 Å². The molecule has 0 aliphatic heterocycles. The summed E-state index contributed by atoms with van der Waals surface area (Å²) >= 11 is 0. The number of fused-ring (bicyclic) bond motifs is 8. The molecule has 0 aromatic heterocycles. The van der Waals surface area contributed by atoms with Crippen LogP contribution in [0.3, 0.4) is 0 Å². The van der Waals surface area contributed by atoms with E-state index < -0.39 is 61.8 Å². The van der Waals surface area contributed by atoms with E-state index in [0.717, 1.165) is 66.8 Å². The molecule has 0 N–H and O–H groups in total. The molecule has 128 heavy (non-hydrogen) atoms. The Morgan fingerprint density at radius 2 is 0.352 bits per heavy atom. The van der Waals surface area contributed by atoms with Crippen molar-refractivity contribution in [1.29, 1.82) is 0 Å². The van der Waals surface area contributed by atoms with Crippen molar-refractivity contribution < 1.29 is 52.8 Å². The van der Waals surface area contributed by atoms with Gasteiger partial charge in [-0.25, -0.2) is 50.9 Å². The second-order valence-corrected chi connectivity index (χ2v) is 39.0. The molecule has 12 aromatic rings. The number of para-hydroxylation sites is 4. The number of hydrogen-bond acceptors (Lipinski definition) is 12. The topological polar surface area (TPSA) is 218 Å². The SMILES string of the molecule is Cc1ccc(S(=O)(=O)N(C2=Cc3ccccc3C23C=CC(=O)C=C3)c2ccccc2)cc1.Cc1ccc(S(=O)(=O)N(C2=Cc3ccccc3C23C=CC(=O)C=C3)c2ccccc2)cc1.Cc1ccc(S(=O)(=O)N(C2=Cc3ccccc3C23C=CC(=O)C=C3)c2ccccc2)cc1.Cc1ccc(S(=O)(=O)N(C2=Cc3ccccc3C23C=CC(=O)C=C3)c2ccccc2)cc1. The van der Waals surface area contributed by atoms with Crippen LogP contribution in [0.15, 0.2) is 455 Å². The lowest BCUT2D eigenvalue weighted by Crippen LogP contribution is -2.39. The summed E-state index contributed by atoms with van der Waals surface area (Å²) < 4.78 is 118. The second kappa shape index (κ2) is 34.3. The maximum Gasteiger partial charge on any atom is 0.268 e. The average molecular weight is 1760 g/mol. The van der Waals surface area contributed by atoms with E-state index in [1.165, 1.54) is 65.8 Å². The number of carbonyl (C=O) groups excluding carboxylic acids is 4. The van der Waals surface area contributed by atoms with Gasteiger partial charge in [0.15, 0.2) is 23.1 Å². The van der Waals surface area contributed by atoms with Crippen molar-refractivity contribution in [2.45, 2.75) is 68.9 Å². The van der Waals surface area contributed by atoms with Crippen molar-refractivity contribution in [3.63, 3.8) is 0 Å². The van der Waals surface area contributed by atoms with Gasteiger partial charge in [0.1, 0.15) is 0 Å². The number of carbonyl (C=O) groups is 4. The number of ketones is 4. The molecule has 20 rings (SSSR count). The normalized spacial score (nSPS) is 16.2. The molecule has 8 aliphatic rings. The van der Waals surface area contributed by atoms with Crippen LogP contribution < -0.4 is 17.2 Å². The minimum Gasteiger partial charge on any atom is -0.290 e. The van der Waals surface area contributed by atoms with Crippen molar-refractivity contribution in [1.82, 2.24) is 0 Å². The molecular weight excluding hydrogens is 1670 g/mol. The number of rotatable bonds is 16. The van der Waals surface area contributed by atoms with Crippen molar-refractivity contribution in [2.75, 3.05) is 17.2 Å². The first-order chi connectivity index (χ1) is 61.7. The van der Waals surface area contributed by atoms with Gasteiger partial charge in [0.2, 0.25) is 0 Å². The predicted molar refractivity (Wildman–Crippen MR) is 507 cm³/mol. The molecule has 0 fully saturated rings. The Balaban J connectivity index is 0.000000120. The Morgan fingerprint density at radius 3 is 0.523 bits per heavy atom. The van der Waals surface area contributed by atoms with Crippen molar-refractivity contribution in [3.05, 3.63) is 502 Å². The van der Waals surface area contributed by atoms with Crippen LogP contribution in [-0.2, 0) is 80.9 Å². The molecule has 16 nitrogen and oxygen atoms in total. The summed E-state index contributed by atoms with van der Waals surface area (Å²) in [4.78, 5) is 48.8. The maximum absolute atomic E-state index is 14.0. The lowest BCUT2D eigenvalue weighted by atomic mass is 9.77. The Hall–Kier alpha value is -14.8. The Bertz CT molecular complexity index is 6410. The fourth-order valence-electron chi connectivity index (χ4n) is 17.2. The monoisotopic (exact) mass is 1760 g/mol. The van der Waals surface area contributed by atoms with Crippen LogP contribution in [0.2, 0.25) is 0 Å². The van der Waals surface area contributed by atoms with Gasteiger partial charge in [0.25, 0.3) is 40.1 Å². The van der Waals surface area contributed by atoms with E-state index >= 15 is 0 Å². The molecule has 4 spiro atoms. The lowest BCUT2D eigenvalue weighted by molar-refractivity contribution is -0.111. The molecular formula is C108H84N4O12S4. The molecule has 0 amide bonds. The minimum absolute atomic E-state index is 0.119. The molecule has 12 aromatic carbocycles. The smallest absolute Gasteiger partial charge is 0.268 e. The van der Waals surface area contributed by atoms with E-state index in [9.17, 15) is 52.8 Å². The van der Waals surface area contributed by atoms with Crippen molar-refractivity contribution in [2.24, 2.45) is 0 Å². The minimum atomic E-state index is -3.95. The van der Waals surface area contributed by atoms with Crippen LogP contribution in [0.5, 0.6) is 0 Å². The van der Waals surface area contributed by atoms with E-state index in [1.807, 2.05) is 222 Å². The molecule has 0 unspecified atom stereocenters. The van der Waals surface area contributed by atoms with E-state index in [0.29, 0.717) is 45.5 Å². The summed E-state index contributed by atoms with van der Waals surface area (Å²) in [5.74, 6) is -0.474. The first-order valence-corrected chi connectivity index (χ1v) is 47.1. The zero-order valence-corrected chi connectivity index (χ0v) is 73.2. The third kappa shape index (κ3) is 15.7. The molecule has 0 bridgehead atoms. The predicted octanol–water partition coefficient (Wildman–Crippen LogP) is 20.7. The molecule has 0 saturated carbocycles. The molecule has 8 aliphatic carbocycles. The highest BCUT2D eigenvalue weighted by atomic mass is 32.2. The van der Waals surface area contributed by atoms with E-state index in [2.05, 4.69) is 0 Å². The van der Waals surface area contributed by atoms with Gasteiger partial charge in [-0.2, -0.15) is 0 Å². The van der Waals surface area contributed by atoms with Gasteiger partial charge in [0, 0.05) is 0 Å². The number of anilines is 4. The largest absolute Gasteiger partial charge is 0.290 e. The van der Waals surface area contributed by atoms with Crippen LogP contribution in [0.25, 0.3) is 24.3 Å². The van der Waals surface area contributed by atoms with Gasteiger partial charge in [0.05, 0.1) is 86.8 Å². The van der Waals surface area contributed by atoms with Gasteiger partial charge in [-0.05, 0) is 242 Å². The summed E-state index contributed by atoms with van der Waals surface area (Å²) in [5.41, 5.74) is 12.3. The van der Waals surface area contributed by atoms with Gasteiger partial charge in [-0.15, -0.1) is 0 Å². The Labute approximate surface area is 746 Å². The summed E-state index contributed by atoms with van der Waals surface area (Å²) in [6.45, 7) is 7.69. The van der Waals surface area contributed by atoms with Gasteiger partial charge >= 0.3 is 0 Å². The van der Waals surface area contributed by atoms with Gasteiger partial charge in [-0.1, -0.05) is 289 Å². The number of nitrogens with zero attached hydrogens (tertiary/aromatic N) is 4. The molecule has 0 saturated heterocycles. The summed E-state index contributed by atoms with van der Waals surface area (Å²) in [6.07, 6.45) is 34.1. The molecule has 632 valence electrons. The molecule has 20 heteroatoms. The second-order valence-electron chi connectivity index (χ2n) is 31.9. The average Bonchev–Trinajstić information content (AvgIpc) is 1.55. The van der Waals surface area contributed by atoms with Crippen LogP contribution >= 0.6 is 0 Å². The van der Waals surface area contributed by atoms with Crippen LogP contribution in [0.4, 0.5) is 22.7 Å². The first kappa shape index (κ1) is 85.4.